The lowest BCUT2D eigenvalue weighted by atomic mass is 10.1. The summed E-state index contributed by atoms with van der Waals surface area (Å²) in [6.07, 6.45) is 11.2. The minimum atomic E-state index is -0.386. The first-order valence-electron chi connectivity index (χ1n) is 11.2. The maximum Gasteiger partial charge on any atom is 0.297 e. The van der Waals surface area contributed by atoms with Gasteiger partial charge in [-0.05, 0) is 25.0 Å². The van der Waals surface area contributed by atoms with Crippen molar-refractivity contribution in [1.29, 1.82) is 0 Å². The molecule has 1 N–H and O–H groups in total. The Balaban J connectivity index is 2.25. The molecule has 0 aliphatic heterocycles. The van der Waals surface area contributed by atoms with Crippen molar-refractivity contribution in [3.8, 4) is 17.2 Å². The van der Waals surface area contributed by atoms with Crippen molar-refractivity contribution in [3.05, 3.63) is 28.6 Å². The van der Waals surface area contributed by atoms with Gasteiger partial charge < -0.3 is 19.1 Å². The lowest BCUT2D eigenvalue weighted by Gasteiger charge is -2.17. The standard InChI is InChI=1S/C24H37NO4/c1-4-6-8-10-11-12-16-25-21-18-19(28-3)14-15-20(21)23(22(26)24(25)27)29-17-13-9-7-5-2/h14-15,18,26H,4-13,16-17H2,1-3H3. The highest BCUT2D eigenvalue weighted by Gasteiger charge is 2.18. The van der Waals surface area contributed by atoms with E-state index < -0.39 is 0 Å². The maximum atomic E-state index is 12.9. The van der Waals surface area contributed by atoms with Gasteiger partial charge in [-0.15, -0.1) is 0 Å². The number of aryl methyl sites for hydroxylation is 1. The van der Waals surface area contributed by atoms with Crippen LogP contribution < -0.4 is 15.0 Å². The first-order chi connectivity index (χ1) is 14.1. The fraction of sp³-hybridized carbons (Fsp3) is 0.625. The van der Waals surface area contributed by atoms with Crippen LogP contribution >= 0.6 is 0 Å². The number of hydrogen-bond donors (Lipinski definition) is 1. The van der Waals surface area contributed by atoms with E-state index in [2.05, 4.69) is 13.8 Å². The second kappa shape index (κ2) is 12.4. The minimum absolute atomic E-state index is 0.288. The first-order valence-corrected chi connectivity index (χ1v) is 11.2. The molecule has 162 valence electrons. The molecule has 5 heteroatoms. The molecule has 0 saturated heterocycles. The van der Waals surface area contributed by atoms with Gasteiger partial charge in [-0.3, -0.25) is 4.79 Å². The number of methoxy groups -OCH3 is 1. The molecule has 0 unspecified atom stereocenters. The summed E-state index contributed by atoms with van der Waals surface area (Å²) in [5.41, 5.74) is 0.368. The largest absolute Gasteiger partial charge is 0.500 e. The summed E-state index contributed by atoms with van der Waals surface area (Å²) >= 11 is 0. The predicted octanol–water partition coefficient (Wildman–Crippen LogP) is 6.04. The van der Waals surface area contributed by atoms with Gasteiger partial charge in [0.1, 0.15) is 5.75 Å². The molecule has 0 atom stereocenters. The first kappa shape index (κ1) is 23.1. The molecule has 2 aromatic rings. The van der Waals surface area contributed by atoms with Crippen LogP contribution in [0.5, 0.6) is 17.2 Å². The molecule has 0 aliphatic rings. The summed E-state index contributed by atoms with van der Waals surface area (Å²) in [5, 5.41) is 11.3. The monoisotopic (exact) mass is 403 g/mol. The van der Waals surface area contributed by atoms with Gasteiger partial charge in [0.15, 0.2) is 5.75 Å². The third-order valence-corrected chi connectivity index (χ3v) is 5.38. The van der Waals surface area contributed by atoms with Crippen molar-refractivity contribution in [2.45, 2.75) is 84.6 Å². The minimum Gasteiger partial charge on any atom is -0.500 e. The van der Waals surface area contributed by atoms with Crippen molar-refractivity contribution in [1.82, 2.24) is 4.57 Å². The molecule has 0 aliphatic carbocycles. The molecule has 0 spiro atoms. The van der Waals surface area contributed by atoms with Gasteiger partial charge in [-0.2, -0.15) is 0 Å². The van der Waals surface area contributed by atoms with Gasteiger partial charge in [0.2, 0.25) is 5.75 Å². The second-order valence-electron chi connectivity index (χ2n) is 7.69. The number of fused-ring (bicyclic) bond motifs is 1. The molecule has 1 heterocycles. The van der Waals surface area contributed by atoms with Crippen LogP contribution in [0.2, 0.25) is 0 Å². The van der Waals surface area contributed by atoms with E-state index in [0.29, 0.717) is 24.7 Å². The zero-order valence-corrected chi connectivity index (χ0v) is 18.3. The second-order valence-corrected chi connectivity index (χ2v) is 7.69. The average molecular weight is 404 g/mol. The fourth-order valence-corrected chi connectivity index (χ4v) is 3.64. The topological polar surface area (TPSA) is 60.7 Å². The fourth-order valence-electron chi connectivity index (χ4n) is 3.64. The highest BCUT2D eigenvalue weighted by Crippen LogP contribution is 2.34. The third kappa shape index (κ3) is 6.41. The number of aromatic hydroxyl groups is 1. The highest BCUT2D eigenvalue weighted by atomic mass is 16.5. The van der Waals surface area contributed by atoms with Crippen LogP contribution in [0.1, 0.15) is 78.1 Å². The van der Waals surface area contributed by atoms with E-state index in [1.807, 2.05) is 18.2 Å². The predicted molar refractivity (Wildman–Crippen MR) is 119 cm³/mol. The number of pyridine rings is 1. The Bertz CT molecular complexity index is 813. The smallest absolute Gasteiger partial charge is 0.297 e. The van der Waals surface area contributed by atoms with Crippen LogP contribution in [0.4, 0.5) is 0 Å². The normalized spacial score (nSPS) is 11.1. The van der Waals surface area contributed by atoms with Gasteiger partial charge in [0.25, 0.3) is 5.56 Å². The molecule has 0 bridgehead atoms. The SMILES string of the molecule is CCCCCCCCn1c(=O)c(O)c(OCCCCCC)c2ccc(OC)cc21. The number of hydrogen-bond acceptors (Lipinski definition) is 4. The van der Waals surface area contributed by atoms with Gasteiger partial charge in [-0.1, -0.05) is 65.2 Å². The lowest BCUT2D eigenvalue weighted by Crippen LogP contribution is -2.21. The summed E-state index contributed by atoms with van der Waals surface area (Å²) in [6.45, 7) is 5.45. The molecule has 5 nitrogen and oxygen atoms in total. The van der Waals surface area contributed by atoms with Crippen LogP contribution in [0, 0.1) is 0 Å². The van der Waals surface area contributed by atoms with Crippen LogP contribution in [-0.2, 0) is 6.54 Å². The van der Waals surface area contributed by atoms with Crippen molar-refractivity contribution >= 4 is 10.9 Å². The maximum absolute atomic E-state index is 12.9. The van der Waals surface area contributed by atoms with Crippen molar-refractivity contribution < 1.29 is 14.6 Å². The van der Waals surface area contributed by atoms with E-state index >= 15 is 0 Å². The van der Waals surface area contributed by atoms with E-state index in [4.69, 9.17) is 9.47 Å². The lowest BCUT2D eigenvalue weighted by molar-refractivity contribution is 0.290. The summed E-state index contributed by atoms with van der Waals surface area (Å²) in [4.78, 5) is 12.9. The molecule has 1 aromatic heterocycles. The van der Waals surface area contributed by atoms with Gasteiger partial charge in [0, 0.05) is 18.0 Å². The number of rotatable bonds is 14. The number of unbranched alkanes of at least 4 members (excludes halogenated alkanes) is 8. The Morgan fingerprint density at radius 3 is 2.28 bits per heavy atom. The molecule has 0 saturated carbocycles. The molecule has 29 heavy (non-hydrogen) atoms. The van der Waals surface area contributed by atoms with E-state index in [9.17, 15) is 9.90 Å². The van der Waals surface area contributed by atoms with E-state index in [-0.39, 0.29) is 11.3 Å². The van der Waals surface area contributed by atoms with Gasteiger partial charge in [0.05, 0.1) is 19.2 Å². The van der Waals surface area contributed by atoms with E-state index in [1.165, 1.54) is 25.7 Å². The Morgan fingerprint density at radius 1 is 0.931 bits per heavy atom. The molecular formula is C24H37NO4. The number of aromatic nitrogens is 1. The van der Waals surface area contributed by atoms with Crippen LogP contribution in [0.15, 0.2) is 23.0 Å². The van der Waals surface area contributed by atoms with Crippen LogP contribution in [0.3, 0.4) is 0 Å². The summed E-state index contributed by atoms with van der Waals surface area (Å²) in [5.74, 6) is 0.695. The van der Waals surface area contributed by atoms with E-state index in [1.54, 1.807) is 11.7 Å². The molecule has 0 amide bonds. The van der Waals surface area contributed by atoms with Gasteiger partial charge >= 0.3 is 0 Å². The highest BCUT2D eigenvalue weighted by molar-refractivity contribution is 5.88. The Hall–Kier alpha value is -2.17. The van der Waals surface area contributed by atoms with Gasteiger partial charge in [-0.25, -0.2) is 0 Å². The van der Waals surface area contributed by atoms with E-state index in [0.717, 1.165) is 49.4 Å². The Labute approximate surface area is 174 Å². The zero-order valence-electron chi connectivity index (χ0n) is 18.3. The number of benzene rings is 1. The van der Waals surface area contributed by atoms with Crippen LogP contribution in [0.25, 0.3) is 10.9 Å². The quantitative estimate of drug-likeness (QED) is 0.391. The summed E-state index contributed by atoms with van der Waals surface area (Å²) in [6, 6.07) is 5.56. The number of nitrogens with zero attached hydrogens (tertiary/aromatic N) is 1. The molecule has 2 rings (SSSR count). The van der Waals surface area contributed by atoms with Crippen LogP contribution in [-0.4, -0.2) is 23.4 Å². The average Bonchev–Trinajstić information content (AvgIpc) is 2.74. The summed E-state index contributed by atoms with van der Waals surface area (Å²) < 4.78 is 12.9. The number of ether oxygens (including phenoxy) is 2. The van der Waals surface area contributed by atoms with Crippen molar-refractivity contribution in [2.75, 3.05) is 13.7 Å². The Kier molecular flexibility index (Phi) is 9.89. The van der Waals surface area contributed by atoms with Crippen molar-refractivity contribution in [3.63, 3.8) is 0 Å². The third-order valence-electron chi connectivity index (χ3n) is 5.38. The zero-order chi connectivity index (χ0) is 21.1. The Morgan fingerprint density at radius 2 is 1.59 bits per heavy atom. The molecule has 1 aromatic carbocycles. The molecule has 0 fully saturated rings. The summed E-state index contributed by atoms with van der Waals surface area (Å²) in [7, 11) is 1.61. The molecule has 0 radical (unpaired) electrons. The van der Waals surface area contributed by atoms with Crippen molar-refractivity contribution in [2.24, 2.45) is 0 Å². The molecular weight excluding hydrogens is 366 g/mol.